The molecule has 0 aliphatic rings. The molecule has 0 saturated carbocycles. The SMILES string of the molecule is Cc1nn(-c2ccccc2)c(Cl)c1COC(=O)c1ccc(=O)n(C)n1. The number of para-hydroxylation sites is 1. The van der Waals surface area contributed by atoms with Crippen LogP contribution in [0, 0.1) is 6.92 Å². The molecule has 3 rings (SSSR count). The molecule has 2 aromatic heterocycles. The van der Waals surface area contributed by atoms with Gasteiger partial charge in [0.25, 0.3) is 5.56 Å². The van der Waals surface area contributed by atoms with Gasteiger partial charge >= 0.3 is 5.97 Å². The zero-order chi connectivity index (χ0) is 18.0. The molecule has 1 aromatic carbocycles. The van der Waals surface area contributed by atoms with Gasteiger partial charge in [-0.1, -0.05) is 29.8 Å². The molecule has 3 aromatic rings. The van der Waals surface area contributed by atoms with Crippen LogP contribution in [-0.2, 0) is 18.4 Å². The average Bonchev–Trinajstić information content (AvgIpc) is 2.90. The van der Waals surface area contributed by atoms with E-state index in [9.17, 15) is 9.59 Å². The lowest BCUT2D eigenvalue weighted by molar-refractivity contribution is 0.0462. The van der Waals surface area contributed by atoms with Gasteiger partial charge < -0.3 is 4.74 Å². The number of aryl methyl sites for hydroxylation is 2. The molecule has 0 saturated heterocycles. The molecule has 0 aliphatic heterocycles. The minimum atomic E-state index is -0.640. The molecule has 0 radical (unpaired) electrons. The van der Waals surface area contributed by atoms with Crippen LogP contribution in [-0.4, -0.2) is 25.5 Å². The van der Waals surface area contributed by atoms with Gasteiger partial charge in [0.1, 0.15) is 11.8 Å². The number of hydrogen-bond donors (Lipinski definition) is 0. The van der Waals surface area contributed by atoms with Crippen molar-refractivity contribution in [1.29, 1.82) is 0 Å². The molecule has 0 N–H and O–H groups in total. The number of nitrogens with zero attached hydrogens (tertiary/aromatic N) is 4. The molecule has 0 aliphatic carbocycles. The maximum atomic E-state index is 12.1. The van der Waals surface area contributed by atoms with E-state index in [0.717, 1.165) is 10.4 Å². The van der Waals surface area contributed by atoms with E-state index in [1.807, 2.05) is 30.3 Å². The van der Waals surface area contributed by atoms with E-state index in [1.165, 1.54) is 19.2 Å². The summed E-state index contributed by atoms with van der Waals surface area (Å²) in [5, 5.41) is 8.63. The molecule has 0 amide bonds. The van der Waals surface area contributed by atoms with Crippen LogP contribution in [0.4, 0.5) is 0 Å². The van der Waals surface area contributed by atoms with Gasteiger partial charge in [-0.2, -0.15) is 10.2 Å². The second kappa shape index (κ2) is 6.90. The van der Waals surface area contributed by atoms with Crippen LogP contribution in [0.25, 0.3) is 5.69 Å². The second-order valence-electron chi connectivity index (χ2n) is 5.36. The third-order valence-electron chi connectivity index (χ3n) is 3.64. The van der Waals surface area contributed by atoms with Gasteiger partial charge in [0.15, 0.2) is 5.69 Å². The monoisotopic (exact) mass is 358 g/mol. The summed E-state index contributed by atoms with van der Waals surface area (Å²) in [4.78, 5) is 23.4. The quantitative estimate of drug-likeness (QED) is 0.668. The first-order valence-corrected chi connectivity index (χ1v) is 7.86. The molecule has 0 fully saturated rings. The van der Waals surface area contributed by atoms with Crippen LogP contribution in [0.2, 0.25) is 5.15 Å². The lowest BCUT2D eigenvalue weighted by atomic mass is 10.3. The Kier molecular flexibility index (Phi) is 4.67. The zero-order valence-corrected chi connectivity index (χ0v) is 14.4. The van der Waals surface area contributed by atoms with Gasteiger partial charge in [-0.15, -0.1) is 0 Å². The Labute approximate surface area is 148 Å². The first kappa shape index (κ1) is 16.9. The summed E-state index contributed by atoms with van der Waals surface area (Å²) in [5.41, 5.74) is 1.83. The Bertz CT molecular complexity index is 979. The van der Waals surface area contributed by atoms with Gasteiger partial charge in [0.05, 0.1) is 11.4 Å². The van der Waals surface area contributed by atoms with Crippen LogP contribution in [0.15, 0.2) is 47.3 Å². The normalized spacial score (nSPS) is 10.7. The number of ether oxygens (including phenoxy) is 1. The number of benzene rings is 1. The van der Waals surface area contributed by atoms with Crippen molar-refractivity contribution in [2.24, 2.45) is 7.05 Å². The number of aromatic nitrogens is 4. The van der Waals surface area contributed by atoms with Crippen molar-refractivity contribution in [2.75, 3.05) is 0 Å². The summed E-state index contributed by atoms with van der Waals surface area (Å²) in [6.45, 7) is 1.75. The van der Waals surface area contributed by atoms with Crippen molar-refractivity contribution >= 4 is 17.6 Å². The smallest absolute Gasteiger partial charge is 0.359 e. The zero-order valence-electron chi connectivity index (χ0n) is 13.6. The van der Waals surface area contributed by atoms with Crippen LogP contribution in [0.3, 0.4) is 0 Å². The molecule has 2 heterocycles. The predicted molar refractivity (Wildman–Crippen MR) is 91.9 cm³/mol. The van der Waals surface area contributed by atoms with Crippen molar-refractivity contribution in [2.45, 2.75) is 13.5 Å². The van der Waals surface area contributed by atoms with Crippen LogP contribution in [0.1, 0.15) is 21.7 Å². The summed E-state index contributed by atoms with van der Waals surface area (Å²) in [5.74, 6) is -0.640. The van der Waals surface area contributed by atoms with Gasteiger partial charge in [-0.25, -0.2) is 14.2 Å². The van der Waals surface area contributed by atoms with Gasteiger partial charge in [-0.05, 0) is 25.1 Å². The summed E-state index contributed by atoms with van der Waals surface area (Å²) < 4.78 is 7.92. The highest BCUT2D eigenvalue weighted by molar-refractivity contribution is 6.30. The minimum absolute atomic E-state index is 0.0408. The molecule has 128 valence electrons. The van der Waals surface area contributed by atoms with Gasteiger partial charge in [0, 0.05) is 18.7 Å². The van der Waals surface area contributed by atoms with Crippen LogP contribution >= 0.6 is 11.6 Å². The number of hydrogen-bond acceptors (Lipinski definition) is 5. The first-order chi connectivity index (χ1) is 12.0. The highest BCUT2D eigenvalue weighted by Crippen LogP contribution is 2.24. The second-order valence-corrected chi connectivity index (χ2v) is 5.72. The number of carbonyl (C=O) groups excluding carboxylic acids is 1. The Hall–Kier alpha value is -2.93. The van der Waals surface area contributed by atoms with Crippen molar-refractivity contribution in [3.8, 4) is 5.69 Å². The van der Waals surface area contributed by atoms with Crippen molar-refractivity contribution in [1.82, 2.24) is 19.6 Å². The van der Waals surface area contributed by atoms with Crippen molar-refractivity contribution in [3.63, 3.8) is 0 Å². The first-order valence-electron chi connectivity index (χ1n) is 7.48. The Balaban J connectivity index is 1.79. The largest absolute Gasteiger partial charge is 0.456 e. The molecular weight excluding hydrogens is 344 g/mol. The summed E-state index contributed by atoms with van der Waals surface area (Å²) in [6.07, 6.45) is 0. The van der Waals surface area contributed by atoms with E-state index in [4.69, 9.17) is 16.3 Å². The third-order valence-corrected chi connectivity index (χ3v) is 4.03. The third kappa shape index (κ3) is 3.46. The molecule has 0 bridgehead atoms. The Morgan fingerprint density at radius 1 is 1.16 bits per heavy atom. The van der Waals surface area contributed by atoms with Crippen molar-refractivity contribution < 1.29 is 9.53 Å². The summed E-state index contributed by atoms with van der Waals surface area (Å²) >= 11 is 6.39. The summed E-state index contributed by atoms with van der Waals surface area (Å²) in [6, 6.07) is 12.0. The number of halogens is 1. The fraction of sp³-hybridized carbons (Fsp3) is 0.176. The summed E-state index contributed by atoms with van der Waals surface area (Å²) in [7, 11) is 1.46. The number of carbonyl (C=O) groups is 1. The average molecular weight is 359 g/mol. The van der Waals surface area contributed by atoms with Gasteiger partial charge in [0.2, 0.25) is 0 Å². The van der Waals surface area contributed by atoms with Crippen LogP contribution < -0.4 is 5.56 Å². The van der Waals surface area contributed by atoms with E-state index in [1.54, 1.807) is 11.6 Å². The standard InChI is InChI=1S/C17H15ClN4O3/c1-11-13(16(18)22(19-11)12-6-4-3-5-7-12)10-25-17(24)14-8-9-15(23)21(2)20-14/h3-9H,10H2,1-2H3. The number of esters is 1. The Morgan fingerprint density at radius 2 is 1.88 bits per heavy atom. The molecule has 8 heteroatoms. The van der Waals surface area contributed by atoms with E-state index in [2.05, 4.69) is 10.2 Å². The van der Waals surface area contributed by atoms with E-state index < -0.39 is 5.97 Å². The molecule has 0 unspecified atom stereocenters. The maximum absolute atomic E-state index is 12.1. The van der Waals surface area contributed by atoms with E-state index >= 15 is 0 Å². The molecule has 0 atom stereocenters. The fourth-order valence-corrected chi connectivity index (χ4v) is 2.59. The lowest BCUT2D eigenvalue weighted by Gasteiger charge is -2.06. The van der Waals surface area contributed by atoms with Gasteiger partial charge in [-0.3, -0.25) is 4.79 Å². The lowest BCUT2D eigenvalue weighted by Crippen LogP contribution is -2.21. The fourth-order valence-electron chi connectivity index (χ4n) is 2.26. The molecule has 7 nitrogen and oxygen atoms in total. The highest BCUT2D eigenvalue weighted by atomic mass is 35.5. The van der Waals surface area contributed by atoms with E-state index in [0.29, 0.717) is 16.4 Å². The highest BCUT2D eigenvalue weighted by Gasteiger charge is 2.17. The van der Waals surface area contributed by atoms with E-state index in [-0.39, 0.29) is 17.9 Å². The predicted octanol–water partition coefficient (Wildman–Crippen LogP) is 2.28. The molecular formula is C17H15ClN4O3. The molecule has 0 spiro atoms. The van der Waals surface area contributed by atoms with Crippen molar-refractivity contribution in [3.05, 3.63) is 74.9 Å². The maximum Gasteiger partial charge on any atom is 0.359 e. The Morgan fingerprint density at radius 3 is 2.56 bits per heavy atom. The van der Waals surface area contributed by atoms with Crippen LogP contribution in [0.5, 0.6) is 0 Å². The number of rotatable bonds is 4. The topological polar surface area (TPSA) is 79.0 Å². The molecule has 25 heavy (non-hydrogen) atoms. The minimum Gasteiger partial charge on any atom is -0.456 e.